The van der Waals surface area contributed by atoms with Gasteiger partial charge >= 0.3 is 6.18 Å². The largest absolute Gasteiger partial charge is 0.484 e. The van der Waals surface area contributed by atoms with E-state index in [0.717, 1.165) is 31.6 Å². The minimum atomic E-state index is -4.37. The average Bonchev–Trinajstić information content (AvgIpc) is 2.73. The van der Waals surface area contributed by atoms with Crippen molar-refractivity contribution in [2.75, 3.05) is 32.8 Å². The predicted octanol–water partition coefficient (Wildman–Crippen LogP) is 2.33. The van der Waals surface area contributed by atoms with Crippen molar-refractivity contribution in [3.05, 3.63) is 29.8 Å². The lowest BCUT2D eigenvalue weighted by molar-refractivity contribution is -0.137. The lowest BCUT2D eigenvalue weighted by Gasteiger charge is -2.20. The minimum Gasteiger partial charge on any atom is -0.484 e. The Bertz CT molecular complexity index is 472. The van der Waals surface area contributed by atoms with Crippen LogP contribution in [0.15, 0.2) is 24.3 Å². The van der Waals surface area contributed by atoms with Gasteiger partial charge in [-0.3, -0.25) is 4.79 Å². The summed E-state index contributed by atoms with van der Waals surface area (Å²) in [5.41, 5.74) is -0.736. The molecule has 1 aromatic rings. The third-order valence-corrected chi connectivity index (χ3v) is 3.24. The Labute approximate surface area is 133 Å². The Balaban J connectivity index is 0.00000242. The number of hydrogen-bond acceptors (Lipinski definition) is 3. The summed E-state index contributed by atoms with van der Waals surface area (Å²) in [7, 11) is 0. The van der Waals surface area contributed by atoms with Crippen molar-refractivity contribution < 1.29 is 22.7 Å². The summed E-state index contributed by atoms with van der Waals surface area (Å²) < 4.78 is 42.5. The molecule has 1 aliphatic rings. The molecule has 0 aromatic heterocycles. The molecule has 0 radical (unpaired) electrons. The zero-order valence-corrected chi connectivity index (χ0v) is 12.7. The first-order chi connectivity index (χ1) is 9.97. The molecule has 2 rings (SSSR count). The molecule has 0 unspecified atom stereocenters. The highest BCUT2D eigenvalue weighted by atomic mass is 35.5. The van der Waals surface area contributed by atoms with Gasteiger partial charge in [-0.25, -0.2) is 0 Å². The minimum absolute atomic E-state index is 0. The zero-order chi connectivity index (χ0) is 15.3. The lowest BCUT2D eigenvalue weighted by Crippen LogP contribution is -2.37. The molecule has 1 amide bonds. The molecule has 22 heavy (non-hydrogen) atoms. The van der Waals surface area contributed by atoms with Crippen molar-refractivity contribution in [3.8, 4) is 5.75 Å². The van der Waals surface area contributed by atoms with E-state index in [1.54, 1.807) is 4.90 Å². The average molecular weight is 339 g/mol. The number of carbonyl (C=O) groups excluding carboxylic acids is 1. The Morgan fingerprint density at radius 2 is 1.86 bits per heavy atom. The van der Waals surface area contributed by atoms with E-state index in [4.69, 9.17) is 4.74 Å². The number of halogens is 4. The van der Waals surface area contributed by atoms with Crippen LogP contribution >= 0.6 is 12.4 Å². The number of benzene rings is 1. The van der Waals surface area contributed by atoms with E-state index < -0.39 is 11.7 Å². The van der Waals surface area contributed by atoms with E-state index in [9.17, 15) is 18.0 Å². The SMILES string of the molecule is Cl.O=C(COc1ccc(C(F)(F)F)cc1)N1CCCNCC1. The lowest BCUT2D eigenvalue weighted by atomic mass is 10.2. The fourth-order valence-corrected chi connectivity index (χ4v) is 2.07. The fraction of sp³-hybridized carbons (Fsp3) is 0.500. The molecule has 4 nitrogen and oxygen atoms in total. The summed E-state index contributed by atoms with van der Waals surface area (Å²) in [6, 6.07) is 4.32. The van der Waals surface area contributed by atoms with Crippen LogP contribution in [0.5, 0.6) is 5.75 Å². The molecule has 1 fully saturated rings. The maximum absolute atomic E-state index is 12.4. The highest BCUT2D eigenvalue weighted by Gasteiger charge is 2.30. The van der Waals surface area contributed by atoms with E-state index in [1.165, 1.54) is 12.1 Å². The summed E-state index contributed by atoms with van der Waals surface area (Å²) in [4.78, 5) is 13.6. The molecule has 8 heteroatoms. The zero-order valence-electron chi connectivity index (χ0n) is 11.9. The normalized spacial score (nSPS) is 15.7. The number of rotatable bonds is 3. The first-order valence-electron chi connectivity index (χ1n) is 6.75. The second kappa shape index (κ2) is 8.24. The highest BCUT2D eigenvalue weighted by molar-refractivity contribution is 5.85. The number of hydrogen-bond donors (Lipinski definition) is 1. The first-order valence-corrected chi connectivity index (χ1v) is 6.75. The van der Waals surface area contributed by atoms with Crippen molar-refractivity contribution in [3.63, 3.8) is 0 Å². The van der Waals surface area contributed by atoms with Crippen LogP contribution < -0.4 is 10.1 Å². The van der Waals surface area contributed by atoms with Crippen LogP contribution in [-0.4, -0.2) is 43.6 Å². The molecule has 1 heterocycles. The summed E-state index contributed by atoms with van der Waals surface area (Å²) in [5.74, 6) is 0.0999. The van der Waals surface area contributed by atoms with Crippen LogP contribution in [0.2, 0.25) is 0 Å². The second-order valence-electron chi connectivity index (χ2n) is 4.80. The molecule has 0 atom stereocenters. The molecule has 1 aliphatic heterocycles. The number of ether oxygens (including phenoxy) is 1. The van der Waals surface area contributed by atoms with Crippen LogP contribution in [0, 0.1) is 0 Å². The maximum atomic E-state index is 12.4. The van der Waals surface area contributed by atoms with E-state index in [-0.39, 0.29) is 30.7 Å². The van der Waals surface area contributed by atoms with E-state index in [2.05, 4.69) is 5.32 Å². The van der Waals surface area contributed by atoms with Crippen LogP contribution in [-0.2, 0) is 11.0 Å². The summed E-state index contributed by atoms with van der Waals surface area (Å²) in [5, 5.41) is 3.18. The van der Waals surface area contributed by atoms with Gasteiger partial charge in [0.15, 0.2) is 6.61 Å². The molecule has 0 bridgehead atoms. The van der Waals surface area contributed by atoms with Gasteiger partial charge < -0.3 is 15.0 Å². The molecule has 0 aliphatic carbocycles. The van der Waals surface area contributed by atoms with Gasteiger partial charge in [0.25, 0.3) is 5.91 Å². The van der Waals surface area contributed by atoms with Gasteiger partial charge in [-0.2, -0.15) is 13.2 Å². The maximum Gasteiger partial charge on any atom is 0.416 e. The fourth-order valence-electron chi connectivity index (χ4n) is 2.07. The monoisotopic (exact) mass is 338 g/mol. The van der Waals surface area contributed by atoms with E-state index in [0.29, 0.717) is 13.1 Å². The standard InChI is InChI=1S/C14H17F3N2O2.ClH/c15-14(16,17)11-2-4-12(5-3-11)21-10-13(20)19-8-1-6-18-7-9-19;/h2-5,18H,1,6-10H2;1H. The van der Waals surface area contributed by atoms with Gasteiger partial charge in [0.05, 0.1) is 5.56 Å². The van der Waals surface area contributed by atoms with E-state index >= 15 is 0 Å². The van der Waals surface area contributed by atoms with E-state index in [1.807, 2.05) is 0 Å². The number of alkyl halides is 3. The molecular weight excluding hydrogens is 321 g/mol. The number of carbonyl (C=O) groups is 1. The first kappa shape index (κ1) is 18.6. The van der Waals surface area contributed by atoms with Crippen molar-refractivity contribution >= 4 is 18.3 Å². The molecule has 0 spiro atoms. The van der Waals surface area contributed by atoms with Gasteiger partial charge in [-0.05, 0) is 37.2 Å². The van der Waals surface area contributed by atoms with Crippen molar-refractivity contribution in [2.45, 2.75) is 12.6 Å². The summed E-state index contributed by atoms with van der Waals surface area (Å²) >= 11 is 0. The van der Waals surface area contributed by atoms with Crippen molar-refractivity contribution in [2.24, 2.45) is 0 Å². The quantitative estimate of drug-likeness (QED) is 0.919. The van der Waals surface area contributed by atoms with Gasteiger partial charge in [-0.1, -0.05) is 0 Å². The predicted molar refractivity (Wildman–Crippen MR) is 78.3 cm³/mol. The van der Waals surface area contributed by atoms with Crippen LogP contribution in [0.25, 0.3) is 0 Å². The third kappa shape index (κ3) is 5.38. The van der Waals surface area contributed by atoms with Gasteiger partial charge in [-0.15, -0.1) is 12.4 Å². The molecule has 124 valence electrons. The van der Waals surface area contributed by atoms with Crippen LogP contribution in [0.4, 0.5) is 13.2 Å². The smallest absolute Gasteiger partial charge is 0.416 e. The van der Waals surface area contributed by atoms with Crippen molar-refractivity contribution in [1.82, 2.24) is 10.2 Å². The molecular formula is C14H18ClF3N2O2. The Kier molecular flexibility index (Phi) is 6.96. The molecule has 0 saturated carbocycles. The van der Waals surface area contributed by atoms with Gasteiger partial charge in [0.2, 0.25) is 0 Å². The van der Waals surface area contributed by atoms with Crippen molar-refractivity contribution in [1.29, 1.82) is 0 Å². The van der Waals surface area contributed by atoms with Crippen LogP contribution in [0.3, 0.4) is 0 Å². The number of nitrogens with one attached hydrogen (secondary N) is 1. The summed E-state index contributed by atoms with van der Waals surface area (Å²) in [6.45, 7) is 2.75. The Morgan fingerprint density at radius 1 is 1.18 bits per heavy atom. The molecule has 1 saturated heterocycles. The second-order valence-corrected chi connectivity index (χ2v) is 4.80. The van der Waals surface area contributed by atoms with Gasteiger partial charge in [0, 0.05) is 19.6 Å². The van der Waals surface area contributed by atoms with Crippen LogP contribution in [0.1, 0.15) is 12.0 Å². The third-order valence-electron chi connectivity index (χ3n) is 3.24. The number of nitrogens with zero attached hydrogens (tertiary/aromatic N) is 1. The summed E-state index contributed by atoms with van der Waals surface area (Å²) in [6.07, 6.45) is -3.49. The van der Waals surface area contributed by atoms with Gasteiger partial charge in [0.1, 0.15) is 5.75 Å². The Morgan fingerprint density at radius 3 is 2.50 bits per heavy atom. The Hall–Kier alpha value is -1.47. The number of amides is 1. The molecule has 1 N–H and O–H groups in total. The molecule has 1 aromatic carbocycles. The highest BCUT2D eigenvalue weighted by Crippen LogP contribution is 2.30. The topological polar surface area (TPSA) is 41.6 Å².